The van der Waals surface area contributed by atoms with Crippen molar-refractivity contribution < 1.29 is 8.42 Å². The van der Waals surface area contributed by atoms with E-state index in [2.05, 4.69) is 0 Å². The highest BCUT2D eigenvalue weighted by Crippen LogP contribution is 2.27. The second-order valence-electron chi connectivity index (χ2n) is 4.07. The van der Waals surface area contributed by atoms with E-state index in [9.17, 15) is 8.42 Å². The van der Waals surface area contributed by atoms with Crippen LogP contribution in [0.25, 0.3) is 0 Å². The number of para-hydroxylation sites is 1. The lowest BCUT2D eigenvalue weighted by Gasteiger charge is -2.18. The van der Waals surface area contributed by atoms with Gasteiger partial charge in [0.05, 0.1) is 5.69 Å². The van der Waals surface area contributed by atoms with Crippen molar-refractivity contribution in [2.24, 2.45) is 5.73 Å². The van der Waals surface area contributed by atoms with Crippen molar-refractivity contribution in [3.63, 3.8) is 0 Å². The SMILES string of the molecule is CN(c1ccccc1)S(=O)(=O)c1ccc(CCN)s1. The summed E-state index contributed by atoms with van der Waals surface area (Å²) in [5, 5.41) is 0. The van der Waals surface area contributed by atoms with Crippen molar-refractivity contribution in [2.45, 2.75) is 10.6 Å². The van der Waals surface area contributed by atoms with Crippen molar-refractivity contribution in [2.75, 3.05) is 17.9 Å². The van der Waals surface area contributed by atoms with E-state index in [0.717, 1.165) is 4.88 Å². The average Bonchev–Trinajstić information content (AvgIpc) is 2.89. The molecule has 0 bridgehead atoms. The van der Waals surface area contributed by atoms with Crippen LogP contribution in [0, 0.1) is 0 Å². The zero-order valence-electron chi connectivity index (χ0n) is 10.6. The first kappa shape index (κ1) is 14.0. The highest BCUT2D eigenvalue weighted by molar-refractivity contribution is 7.94. The number of rotatable bonds is 5. The summed E-state index contributed by atoms with van der Waals surface area (Å²) < 4.78 is 26.6. The molecule has 0 saturated carbocycles. The minimum Gasteiger partial charge on any atom is -0.330 e. The maximum atomic E-state index is 12.5. The molecule has 0 radical (unpaired) electrons. The molecule has 0 aliphatic carbocycles. The number of hydrogen-bond donors (Lipinski definition) is 1. The van der Waals surface area contributed by atoms with Gasteiger partial charge in [0, 0.05) is 11.9 Å². The molecule has 1 aromatic heterocycles. The third-order valence-corrected chi connectivity index (χ3v) is 6.16. The van der Waals surface area contributed by atoms with Crippen LogP contribution in [0.4, 0.5) is 5.69 Å². The van der Waals surface area contributed by atoms with Crippen molar-refractivity contribution >= 4 is 27.0 Å². The van der Waals surface area contributed by atoms with Crippen LogP contribution in [0.2, 0.25) is 0 Å². The Bertz CT molecular complexity index is 636. The fourth-order valence-electron chi connectivity index (χ4n) is 1.69. The van der Waals surface area contributed by atoms with Crippen LogP contribution >= 0.6 is 11.3 Å². The fourth-order valence-corrected chi connectivity index (χ4v) is 4.42. The zero-order chi connectivity index (χ0) is 13.9. The number of nitrogens with zero attached hydrogens (tertiary/aromatic N) is 1. The molecule has 0 spiro atoms. The molecule has 0 unspecified atom stereocenters. The normalized spacial score (nSPS) is 11.5. The van der Waals surface area contributed by atoms with Crippen molar-refractivity contribution in [1.29, 1.82) is 0 Å². The summed E-state index contributed by atoms with van der Waals surface area (Å²) in [4.78, 5) is 0.988. The maximum Gasteiger partial charge on any atom is 0.273 e. The van der Waals surface area contributed by atoms with Crippen LogP contribution in [-0.2, 0) is 16.4 Å². The predicted molar refractivity (Wildman–Crippen MR) is 79.1 cm³/mol. The van der Waals surface area contributed by atoms with E-state index in [0.29, 0.717) is 22.9 Å². The largest absolute Gasteiger partial charge is 0.330 e. The number of hydrogen-bond acceptors (Lipinski definition) is 4. The number of thiophene rings is 1. The molecule has 0 aliphatic heterocycles. The van der Waals surface area contributed by atoms with Gasteiger partial charge in [0.25, 0.3) is 10.0 Å². The third-order valence-electron chi connectivity index (χ3n) is 2.76. The van der Waals surface area contributed by atoms with Gasteiger partial charge in [-0.3, -0.25) is 4.31 Å². The van der Waals surface area contributed by atoms with Gasteiger partial charge < -0.3 is 5.73 Å². The lowest BCUT2D eigenvalue weighted by molar-refractivity contribution is 0.596. The first-order chi connectivity index (χ1) is 9.05. The molecule has 0 amide bonds. The lowest BCUT2D eigenvalue weighted by atomic mass is 10.3. The number of anilines is 1. The molecule has 19 heavy (non-hydrogen) atoms. The molecule has 2 aromatic rings. The van der Waals surface area contributed by atoms with Gasteiger partial charge in [0.1, 0.15) is 4.21 Å². The number of sulfonamides is 1. The molecule has 1 aromatic carbocycles. The van der Waals surface area contributed by atoms with Crippen LogP contribution in [0.1, 0.15) is 4.88 Å². The summed E-state index contributed by atoms with van der Waals surface area (Å²) in [5.74, 6) is 0. The Morgan fingerprint density at radius 3 is 2.47 bits per heavy atom. The Balaban J connectivity index is 2.31. The molecule has 0 aliphatic rings. The predicted octanol–water partition coefficient (Wildman–Crippen LogP) is 2.07. The molecule has 0 atom stereocenters. The van der Waals surface area contributed by atoms with E-state index in [1.54, 1.807) is 25.2 Å². The van der Waals surface area contributed by atoms with Gasteiger partial charge in [-0.05, 0) is 37.2 Å². The van der Waals surface area contributed by atoms with Crippen LogP contribution in [0.5, 0.6) is 0 Å². The summed E-state index contributed by atoms with van der Waals surface area (Å²) in [5.41, 5.74) is 6.13. The van der Waals surface area contributed by atoms with Gasteiger partial charge in [0.2, 0.25) is 0 Å². The summed E-state index contributed by atoms with van der Waals surface area (Å²) >= 11 is 1.28. The molecule has 2 N–H and O–H groups in total. The Morgan fingerprint density at radius 2 is 1.84 bits per heavy atom. The number of nitrogens with two attached hydrogens (primary N) is 1. The first-order valence-corrected chi connectivity index (χ1v) is 8.14. The molecule has 1 heterocycles. The molecular formula is C13H16N2O2S2. The van der Waals surface area contributed by atoms with E-state index >= 15 is 0 Å². The van der Waals surface area contributed by atoms with Crippen LogP contribution in [0.15, 0.2) is 46.7 Å². The quantitative estimate of drug-likeness (QED) is 0.918. The van der Waals surface area contributed by atoms with Crippen LogP contribution in [0.3, 0.4) is 0 Å². The van der Waals surface area contributed by atoms with Gasteiger partial charge >= 0.3 is 0 Å². The van der Waals surface area contributed by atoms with Crippen molar-refractivity contribution in [3.8, 4) is 0 Å². The fraction of sp³-hybridized carbons (Fsp3) is 0.231. The number of benzene rings is 1. The Kier molecular flexibility index (Phi) is 4.24. The molecule has 0 saturated heterocycles. The summed E-state index contributed by atoms with van der Waals surface area (Å²) in [6.45, 7) is 0.522. The van der Waals surface area contributed by atoms with Crippen LogP contribution < -0.4 is 10.0 Å². The Hall–Kier alpha value is -1.37. The second-order valence-corrected chi connectivity index (χ2v) is 7.43. The smallest absolute Gasteiger partial charge is 0.273 e. The molecule has 0 fully saturated rings. The van der Waals surface area contributed by atoms with Gasteiger partial charge in [-0.15, -0.1) is 11.3 Å². The van der Waals surface area contributed by atoms with Gasteiger partial charge in [-0.1, -0.05) is 18.2 Å². The molecule has 4 nitrogen and oxygen atoms in total. The van der Waals surface area contributed by atoms with Crippen molar-refractivity contribution in [1.82, 2.24) is 0 Å². The van der Waals surface area contributed by atoms with Crippen molar-refractivity contribution in [3.05, 3.63) is 47.3 Å². The monoisotopic (exact) mass is 296 g/mol. The average molecular weight is 296 g/mol. The lowest BCUT2D eigenvalue weighted by Crippen LogP contribution is -2.25. The topological polar surface area (TPSA) is 63.4 Å². The van der Waals surface area contributed by atoms with E-state index in [-0.39, 0.29) is 0 Å². The Morgan fingerprint density at radius 1 is 1.16 bits per heavy atom. The van der Waals surface area contributed by atoms with Crippen LogP contribution in [-0.4, -0.2) is 22.0 Å². The summed E-state index contributed by atoms with van der Waals surface area (Å²) in [7, 11) is -1.92. The second kappa shape index (κ2) is 5.73. The maximum absolute atomic E-state index is 12.5. The summed E-state index contributed by atoms with van der Waals surface area (Å²) in [6, 6.07) is 12.5. The standard InChI is InChI=1S/C13H16N2O2S2/c1-15(11-5-3-2-4-6-11)19(16,17)13-8-7-12(18-13)9-10-14/h2-8H,9-10,14H2,1H3. The Labute approximate surface area is 117 Å². The highest BCUT2D eigenvalue weighted by Gasteiger charge is 2.22. The highest BCUT2D eigenvalue weighted by atomic mass is 32.2. The zero-order valence-corrected chi connectivity index (χ0v) is 12.2. The third kappa shape index (κ3) is 2.97. The van der Waals surface area contributed by atoms with Gasteiger partial charge in [0.15, 0.2) is 0 Å². The summed E-state index contributed by atoms with van der Waals surface area (Å²) in [6.07, 6.45) is 0.704. The first-order valence-electron chi connectivity index (χ1n) is 5.88. The minimum atomic E-state index is -3.48. The molecule has 102 valence electrons. The van der Waals surface area contributed by atoms with E-state index in [1.807, 2.05) is 24.3 Å². The van der Waals surface area contributed by atoms with Gasteiger partial charge in [-0.2, -0.15) is 0 Å². The van der Waals surface area contributed by atoms with E-state index in [4.69, 9.17) is 5.73 Å². The van der Waals surface area contributed by atoms with E-state index < -0.39 is 10.0 Å². The minimum absolute atomic E-state index is 0.349. The molecule has 2 rings (SSSR count). The molecule has 6 heteroatoms. The molecular weight excluding hydrogens is 280 g/mol. The van der Waals surface area contributed by atoms with Gasteiger partial charge in [-0.25, -0.2) is 8.42 Å². The van der Waals surface area contributed by atoms with E-state index in [1.165, 1.54) is 15.6 Å².